The van der Waals surface area contributed by atoms with Crippen LogP contribution in [0.15, 0.2) is 61.2 Å². The van der Waals surface area contributed by atoms with Crippen molar-refractivity contribution in [2.75, 3.05) is 6.54 Å². The number of aromatic nitrogens is 1. The minimum absolute atomic E-state index is 0.0653. The maximum absolute atomic E-state index is 12.8. The number of hydrogen-bond donors (Lipinski definition) is 1. The first-order chi connectivity index (χ1) is 12.7. The van der Waals surface area contributed by atoms with Crippen molar-refractivity contribution in [3.05, 3.63) is 83.6 Å². The summed E-state index contributed by atoms with van der Waals surface area (Å²) < 4.78 is 0. The molecule has 0 spiro atoms. The fraction of sp³-hybridized carbons (Fsp3) is 0.261. The third-order valence-electron chi connectivity index (χ3n) is 5.38. The minimum atomic E-state index is -0.0653. The zero-order valence-corrected chi connectivity index (χ0v) is 15.2. The molecule has 3 heteroatoms. The van der Waals surface area contributed by atoms with Crippen molar-refractivity contribution in [2.24, 2.45) is 0 Å². The quantitative estimate of drug-likeness (QED) is 0.679. The fourth-order valence-electron chi connectivity index (χ4n) is 4.03. The van der Waals surface area contributed by atoms with Gasteiger partial charge in [0.25, 0.3) is 0 Å². The highest BCUT2D eigenvalue weighted by molar-refractivity contribution is 5.86. The largest absolute Gasteiger partial charge is 0.356 e. The Labute approximate surface area is 154 Å². The molecule has 0 saturated heterocycles. The van der Waals surface area contributed by atoms with E-state index < -0.39 is 0 Å². The van der Waals surface area contributed by atoms with Gasteiger partial charge in [-0.1, -0.05) is 55.5 Å². The van der Waals surface area contributed by atoms with E-state index in [1.165, 1.54) is 16.5 Å². The monoisotopic (exact) mass is 344 g/mol. The van der Waals surface area contributed by atoms with Crippen molar-refractivity contribution in [3.8, 4) is 0 Å². The van der Waals surface area contributed by atoms with Crippen molar-refractivity contribution in [1.82, 2.24) is 9.88 Å². The number of H-pyrrole nitrogens is 1. The van der Waals surface area contributed by atoms with Gasteiger partial charge in [0, 0.05) is 29.6 Å². The van der Waals surface area contributed by atoms with Crippen molar-refractivity contribution in [1.29, 1.82) is 0 Å². The van der Waals surface area contributed by atoms with E-state index in [2.05, 4.69) is 67.0 Å². The van der Waals surface area contributed by atoms with Crippen LogP contribution in [0.4, 0.5) is 0 Å². The van der Waals surface area contributed by atoms with Crippen LogP contribution in [0.25, 0.3) is 10.9 Å². The first kappa shape index (κ1) is 16.6. The van der Waals surface area contributed by atoms with Crippen LogP contribution in [-0.4, -0.2) is 22.3 Å². The maximum Gasteiger partial charge on any atom is 0.227 e. The molecule has 4 rings (SSSR count). The van der Waals surface area contributed by atoms with Gasteiger partial charge in [0.1, 0.15) is 0 Å². The Hall–Kier alpha value is -2.81. The summed E-state index contributed by atoms with van der Waals surface area (Å²) in [7, 11) is 0. The number of amides is 1. The zero-order valence-electron chi connectivity index (χ0n) is 15.2. The van der Waals surface area contributed by atoms with Crippen molar-refractivity contribution >= 4 is 16.8 Å². The number of carbonyl (C=O) groups excluding carboxylic acids is 1. The highest BCUT2D eigenvalue weighted by atomic mass is 16.2. The first-order valence-corrected chi connectivity index (χ1v) is 9.31. The van der Waals surface area contributed by atoms with E-state index >= 15 is 0 Å². The van der Waals surface area contributed by atoms with Crippen molar-refractivity contribution in [3.63, 3.8) is 0 Å². The second-order valence-corrected chi connectivity index (χ2v) is 6.89. The predicted molar refractivity (Wildman–Crippen MR) is 106 cm³/mol. The van der Waals surface area contributed by atoms with Gasteiger partial charge in [0.05, 0.1) is 6.04 Å². The lowest BCUT2D eigenvalue weighted by atomic mass is 9.91. The molecule has 132 valence electrons. The lowest BCUT2D eigenvalue weighted by Gasteiger charge is -2.36. The smallest absolute Gasteiger partial charge is 0.227 e. The van der Waals surface area contributed by atoms with Crippen LogP contribution in [0.2, 0.25) is 0 Å². The van der Waals surface area contributed by atoms with E-state index in [4.69, 9.17) is 0 Å². The summed E-state index contributed by atoms with van der Waals surface area (Å²) in [5, 5.41) is 1.27. The molecule has 1 aliphatic heterocycles. The number of aryl methyl sites for hydroxylation is 1. The van der Waals surface area contributed by atoms with Crippen LogP contribution < -0.4 is 0 Å². The Bertz CT molecular complexity index is 952. The molecule has 0 radical (unpaired) electrons. The topological polar surface area (TPSA) is 36.1 Å². The molecule has 26 heavy (non-hydrogen) atoms. The lowest BCUT2D eigenvalue weighted by molar-refractivity contribution is -0.132. The van der Waals surface area contributed by atoms with E-state index in [-0.39, 0.29) is 11.9 Å². The van der Waals surface area contributed by atoms with Gasteiger partial charge in [0.15, 0.2) is 0 Å². The van der Waals surface area contributed by atoms with E-state index in [1.807, 2.05) is 4.90 Å². The molecule has 1 amide bonds. The molecule has 1 atom stereocenters. The Balaban J connectivity index is 1.86. The number of hydrogen-bond acceptors (Lipinski definition) is 1. The summed E-state index contributed by atoms with van der Waals surface area (Å²) in [5.41, 5.74) is 6.11. The molecule has 0 fully saturated rings. The number of rotatable bonds is 4. The highest BCUT2D eigenvalue weighted by Crippen LogP contribution is 2.38. The van der Waals surface area contributed by atoms with Gasteiger partial charge >= 0.3 is 0 Å². The molecule has 1 N–H and O–H groups in total. The normalized spacial score (nSPS) is 16.5. The Morgan fingerprint density at radius 2 is 2.00 bits per heavy atom. The molecule has 0 unspecified atom stereocenters. The average Bonchev–Trinajstić information content (AvgIpc) is 3.06. The molecule has 1 aliphatic rings. The van der Waals surface area contributed by atoms with Gasteiger partial charge in [-0.05, 0) is 35.6 Å². The van der Waals surface area contributed by atoms with E-state index in [1.54, 1.807) is 6.08 Å². The number of nitrogens with zero attached hydrogens (tertiary/aromatic N) is 1. The SMILES string of the molecule is C=CCC(=O)N1CCc2c([nH]c3ccccc23)[C@H]1c1ccc(CC)cc1. The van der Waals surface area contributed by atoms with Crippen molar-refractivity contribution < 1.29 is 4.79 Å². The third-order valence-corrected chi connectivity index (χ3v) is 5.38. The van der Waals surface area contributed by atoms with Crippen LogP contribution in [0.3, 0.4) is 0 Å². The summed E-state index contributed by atoms with van der Waals surface area (Å²) in [6.45, 7) is 6.64. The molecule has 1 aromatic heterocycles. The first-order valence-electron chi connectivity index (χ1n) is 9.31. The number of benzene rings is 2. The van der Waals surface area contributed by atoms with Gasteiger partial charge in [-0.2, -0.15) is 0 Å². The summed E-state index contributed by atoms with van der Waals surface area (Å²) in [6.07, 6.45) is 3.97. The van der Waals surface area contributed by atoms with Crippen LogP contribution in [0, 0.1) is 0 Å². The summed E-state index contributed by atoms with van der Waals surface area (Å²) in [4.78, 5) is 18.4. The van der Waals surface area contributed by atoms with E-state index in [0.717, 1.165) is 36.2 Å². The second kappa shape index (κ2) is 6.83. The van der Waals surface area contributed by atoms with Crippen molar-refractivity contribution in [2.45, 2.75) is 32.2 Å². The van der Waals surface area contributed by atoms with Crippen LogP contribution in [-0.2, 0) is 17.6 Å². The summed E-state index contributed by atoms with van der Waals surface area (Å²) in [6, 6.07) is 17.0. The van der Waals surface area contributed by atoms with Crippen LogP contribution >= 0.6 is 0 Å². The maximum atomic E-state index is 12.8. The molecular weight excluding hydrogens is 320 g/mol. The van der Waals surface area contributed by atoms with E-state index in [9.17, 15) is 4.79 Å². The Kier molecular flexibility index (Phi) is 4.37. The summed E-state index contributed by atoms with van der Waals surface area (Å²) >= 11 is 0. The molecule has 0 saturated carbocycles. The predicted octanol–water partition coefficient (Wildman–Crippen LogP) is 4.78. The molecule has 2 aromatic carbocycles. The van der Waals surface area contributed by atoms with Gasteiger partial charge < -0.3 is 9.88 Å². The average molecular weight is 344 g/mol. The molecule has 2 heterocycles. The third kappa shape index (κ3) is 2.74. The minimum Gasteiger partial charge on any atom is -0.356 e. The van der Waals surface area contributed by atoms with Gasteiger partial charge in [-0.25, -0.2) is 0 Å². The molecular formula is C23H24N2O. The molecule has 0 aliphatic carbocycles. The fourth-order valence-corrected chi connectivity index (χ4v) is 4.03. The Morgan fingerprint density at radius 1 is 1.23 bits per heavy atom. The molecule has 3 aromatic rings. The number of fused-ring (bicyclic) bond motifs is 3. The number of carbonyl (C=O) groups is 1. The number of aromatic amines is 1. The summed E-state index contributed by atoms with van der Waals surface area (Å²) in [5.74, 6) is 0.133. The van der Waals surface area contributed by atoms with Gasteiger partial charge in [-0.15, -0.1) is 6.58 Å². The van der Waals surface area contributed by atoms with Gasteiger partial charge in [0.2, 0.25) is 5.91 Å². The second-order valence-electron chi connectivity index (χ2n) is 6.89. The Morgan fingerprint density at radius 3 is 2.73 bits per heavy atom. The van der Waals surface area contributed by atoms with Crippen LogP contribution in [0.1, 0.15) is 41.8 Å². The highest BCUT2D eigenvalue weighted by Gasteiger charge is 2.33. The van der Waals surface area contributed by atoms with Gasteiger partial charge in [-0.3, -0.25) is 4.79 Å². The number of para-hydroxylation sites is 1. The van der Waals surface area contributed by atoms with E-state index in [0.29, 0.717) is 6.42 Å². The lowest BCUT2D eigenvalue weighted by Crippen LogP contribution is -2.40. The zero-order chi connectivity index (χ0) is 18.1. The molecule has 3 nitrogen and oxygen atoms in total. The molecule has 0 bridgehead atoms. The standard InChI is InChI=1S/C23H24N2O/c1-3-7-21(26)25-15-14-19-18-8-5-6-9-20(18)24-22(19)23(25)17-12-10-16(4-2)11-13-17/h3,5-6,8-13,23-24H,1,4,7,14-15H2,2H3/t23-/m1/s1. The van der Waals surface area contributed by atoms with Crippen LogP contribution in [0.5, 0.6) is 0 Å². The number of nitrogens with one attached hydrogen (secondary N) is 1.